The number of anilines is 1. The van der Waals surface area contributed by atoms with E-state index in [2.05, 4.69) is 17.3 Å². The zero-order chi connectivity index (χ0) is 19.1. The van der Waals surface area contributed by atoms with Crippen LogP contribution < -0.4 is 10.1 Å². The van der Waals surface area contributed by atoms with Crippen molar-refractivity contribution in [2.45, 2.75) is 46.6 Å². The summed E-state index contributed by atoms with van der Waals surface area (Å²) in [6, 6.07) is 5.84. The molecule has 0 aliphatic heterocycles. The Morgan fingerprint density at radius 1 is 1.41 bits per heavy atom. The molecule has 0 spiro atoms. The molecule has 1 atom stereocenters. The van der Waals surface area contributed by atoms with Gasteiger partial charge in [-0.25, -0.2) is 4.68 Å². The standard InChI is InChI=1S/C21H25N3O3/c1-5-26-16-8-9-18-17(10-16)19(14(4)27-18)21(25)23-20-12(2)11-22-24(20)13(3)15-6-7-15/h8-11,13,15H,5-7H2,1-4H3,(H,23,25)/t13-/m0/s1. The first-order valence-corrected chi connectivity index (χ1v) is 9.51. The van der Waals surface area contributed by atoms with E-state index in [0.717, 1.165) is 22.5 Å². The summed E-state index contributed by atoms with van der Waals surface area (Å²) in [6.07, 6.45) is 4.25. The van der Waals surface area contributed by atoms with Crippen LogP contribution in [0.25, 0.3) is 11.0 Å². The quantitative estimate of drug-likeness (QED) is 0.675. The summed E-state index contributed by atoms with van der Waals surface area (Å²) in [5, 5.41) is 8.32. The number of carbonyl (C=O) groups excluding carboxylic acids is 1. The predicted octanol–water partition coefficient (Wildman–Crippen LogP) is 4.87. The molecule has 142 valence electrons. The molecule has 4 rings (SSSR count). The van der Waals surface area contributed by atoms with Crippen molar-refractivity contribution in [1.82, 2.24) is 9.78 Å². The van der Waals surface area contributed by atoms with E-state index < -0.39 is 0 Å². The summed E-state index contributed by atoms with van der Waals surface area (Å²) in [4.78, 5) is 13.1. The summed E-state index contributed by atoms with van der Waals surface area (Å²) in [6.45, 7) is 8.44. The highest BCUT2D eigenvalue weighted by molar-refractivity contribution is 6.13. The van der Waals surface area contributed by atoms with E-state index in [1.54, 1.807) is 0 Å². The van der Waals surface area contributed by atoms with Gasteiger partial charge in [-0.1, -0.05) is 0 Å². The molecule has 1 fully saturated rings. The lowest BCUT2D eigenvalue weighted by Crippen LogP contribution is -2.19. The third-order valence-corrected chi connectivity index (χ3v) is 5.27. The number of nitrogens with one attached hydrogen (secondary N) is 1. The number of furan rings is 1. The van der Waals surface area contributed by atoms with Gasteiger partial charge in [0.05, 0.1) is 24.4 Å². The SMILES string of the molecule is CCOc1ccc2oc(C)c(C(=O)Nc3c(C)cnn3[C@@H](C)C3CC3)c2c1. The van der Waals surface area contributed by atoms with Crippen LogP contribution >= 0.6 is 0 Å². The second kappa shape index (κ2) is 6.76. The number of aromatic nitrogens is 2. The van der Waals surface area contributed by atoms with Gasteiger partial charge in [-0.05, 0) is 64.7 Å². The van der Waals surface area contributed by atoms with Crippen LogP contribution in [0.1, 0.15) is 54.4 Å². The van der Waals surface area contributed by atoms with Crippen LogP contribution in [-0.4, -0.2) is 22.3 Å². The third-order valence-electron chi connectivity index (χ3n) is 5.27. The van der Waals surface area contributed by atoms with Gasteiger partial charge in [0, 0.05) is 10.9 Å². The van der Waals surface area contributed by atoms with Gasteiger partial charge in [-0.2, -0.15) is 5.10 Å². The van der Waals surface area contributed by atoms with Crippen molar-refractivity contribution < 1.29 is 13.9 Å². The molecule has 2 heterocycles. The maximum absolute atomic E-state index is 13.1. The van der Waals surface area contributed by atoms with Gasteiger partial charge in [-0.15, -0.1) is 0 Å². The lowest BCUT2D eigenvalue weighted by molar-refractivity contribution is 0.102. The minimum absolute atomic E-state index is 0.187. The van der Waals surface area contributed by atoms with Crippen LogP contribution in [-0.2, 0) is 0 Å². The predicted molar refractivity (Wildman–Crippen MR) is 104 cm³/mol. The lowest BCUT2D eigenvalue weighted by Gasteiger charge is -2.16. The van der Waals surface area contributed by atoms with Crippen molar-refractivity contribution in [1.29, 1.82) is 0 Å². The van der Waals surface area contributed by atoms with E-state index >= 15 is 0 Å². The van der Waals surface area contributed by atoms with Crippen molar-refractivity contribution in [3.05, 3.63) is 41.3 Å². The van der Waals surface area contributed by atoms with Gasteiger partial charge in [0.1, 0.15) is 22.9 Å². The van der Waals surface area contributed by atoms with Crippen molar-refractivity contribution in [2.24, 2.45) is 5.92 Å². The highest BCUT2D eigenvalue weighted by atomic mass is 16.5. The number of fused-ring (bicyclic) bond motifs is 1. The molecule has 0 radical (unpaired) electrons. The molecule has 1 saturated carbocycles. The molecule has 1 amide bonds. The van der Waals surface area contributed by atoms with E-state index in [1.807, 2.05) is 49.8 Å². The number of rotatable bonds is 6. The number of carbonyl (C=O) groups is 1. The Hall–Kier alpha value is -2.76. The van der Waals surface area contributed by atoms with Gasteiger partial charge in [-0.3, -0.25) is 4.79 Å². The van der Waals surface area contributed by atoms with Crippen LogP contribution in [0.2, 0.25) is 0 Å². The summed E-state index contributed by atoms with van der Waals surface area (Å²) in [7, 11) is 0. The molecule has 2 aromatic heterocycles. The minimum Gasteiger partial charge on any atom is -0.494 e. The molecule has 1 aromatic carbocycles. The number of ether oxygens (including phenoxy) is 1. The highest BCUT2D eigenvalue weighted by Gasteiger charge is 2.31. The molecule has 1 aliphatic rings. The van der Waals surface area contributed by atoms with Crippen molar-refractivity contribution >= 4 is 22.7 Å². The number of amides is 1. The lowest BCUT2D eigenvalue weighted by atomic mass is 10.1. The first kappa shape index (κ1) is 17.6. The number of hydrogen-bond donors (Lipinski definition) is 1. The average Bonchev–Trinajstić information content (AvgIpc) is 3.35. The van der Waals surface area contributed by atoms with E-state index in [1.165, 1.54) is 12.8 Å². The smallest absolute Gasteiger partial charge is 0.260 e. The zero-order valence-corrected chi connectivity index (χ0v) is 16.2. The van der Waals surface area contributed by atoms with E-state index in [0.29, 0.717) is 29.4 Å². The van der Waals surface area contributed by atoms with E-state index in [4.69, 9.17) is 9.15 Å². The molecule has 27 heavy (non-hydrogen) atoms. The fourth-order valence-corrected chi connectivity index (χ4v) is 3.60. The number of hydrogen-bond acceptors (Lipinski definition) is 4. The van der Waals surface area contributed by atoms with E-state index in [9.17, 15) is 4.79 Å². The Morgan fingerprint density at radius 2 is 2.19 bits per heavy atom. The van der Waals surface area contributed by atoms with Crippen molar-refractivity contribution in [3.8, 4) is 5.75 Å². The molecule has 1 aliphatic carbocycles. The number of aryl methyl sites for hydroxylation is 2. The van der Waals surface area contributed by atoms with Gasteiger partial charge >= 0.3 is 0 Å². The van der Waals surface area contributed by atoms with Gasteiger partial charge < -0.3 is 14.5 Å². The number of nitrogens with zero attached hydrogens (tertiary/aromatic N) is 2. The maximum Gasteiger partial charge on any atom is 0.260 e. The number of benzene rings is 1. The summed E-state index contributed by atoms with van der Waals surface area (Å²) >= 11 is 0. The van der Waals surface area contributed by atoms with E-state index in [-0.39, 0.29) is 11.9 Å². The normalized spacial score (nSPS) is 15.1. The molecule has 6 nitrogen and oxygen atoms in total. The largest absolute Gasteiger partial charge is 0.494 e. The van der Waals surface area contributed by atoms with Crippen LogP contribution in [0.4, 0.5) is 5.82 Å². The topological polar surface area (TPSA) is 69.3 Å². The van der Waals surface area contributed by atoms with Crippen LogP contribution in [0.15, 0.2) is 28.8 Å². The average molecular weight is 367 g/mol. The molecule has 0 bridgehead atoms. The second-order valence-electron chi connectivity index (χ2n) is 7.28. The first-order valence-electron chi connectivity index (χ1n) is 9.51. The van der Waals surface area contributed by atoms with Crippen LogP contribution in [0.3, 0.4) is 0 Å². The van der Waals surface area contributed by atoms with Crippen molar-refractivity contribution in [3.63, 3.8) is 0 Å². The van der Waals surface area contributed by atoms with Gasteiger partial charge in [0.25, 0.3) is 5.91 Å². The summed E-state index contributed by atoms with van der Waals surface area (Å²) in [5.41, 5.74) is 2.17. The zero-order valence-electron chi connectivity index (χ0n) is 16.2. The molecule has 1 N–H and O–H groups in total. The minimum atomic E-state index is -0.187. The maximum atomic E-state index is 13.1. The molecule has 0 unspecified atom stereocenters. The fourth-order valence-electron chi connectivity index (χ4n) is 3.60. The van der Waals surface area contributed by atoms with Gasteiger partial charge in [0.2, 0.25) is 0 Å². The fraction of sp³-hybridized carbons (Fsp3) is 0.429. The molecule has 6 heteroatoms. The Labute approximate surface area is 158 Å². The summed E-state index contributed by atoms with van der Waals surface area (Å²) in [5.74, 6) is 2.53. The Morgan fingerprint density at radius 3 is 2.89 bits per heavy atom. The van der Waals surface area contributed by atoms with Crippen LogP contribution in [0.5, 0.6) is 5.75 Å². The van der Waals surface area contributed by atoms with Gasteiger partial charge in [0.15, 0.2) is 0 Å². The molecular weight excluding hydrogens is 342 g/mol. The third kappa shape index (κ3) is 3.20. The Kier molecular flexibility index (Phi) is 4.42. The highest BCUT2D eigenvalue weighted by Crippen LogP contribution is 2.41. The molecule has 0 saturated heterocycles. The Bertz CT molecular complexity index is 998. The van der Waals surface area contributed by atoms with Crippen molar-refractivity contribution in [2.75, 3.05) is 11.9 Å². The molecular formula is C21H25N3O3. The monoisotopic (exact) mass is 367 g/mol. The van der Waals surface area contributed by atoms with Crippen LogP contribution in [0, 0.1) is 19.8 Å². The molecule has 3 aromatic rings. The first-order chi connectivity index (χ1) is 13.0. The summed E-state index contributed by atoms with van der Waals surface area (Å²) < 4.78 is 13.3. The Balaban J connectivity index is 1.68. The second-order valence-corrected chi connectivity index (χ2v) is 7.28.